The molecular weight excluding hydrogens is 386 g/mol. The van der Waals surface area contributed by atoms with Crippen molar-refractivity contribution in [3.63, 3.8) is 0 Å². The monoisotopic (exact) mass is 415 g/mol. The highest BCUT2D eigenvalue weighted by atomic mass is 16.7. The SMILES string of the molecule is CNC(=O)C1=C[C@@H](c2c(C)n(C)n(-c3ccccc3)c2=O)C[C@@H](OCCCCO)O1. The Morgan fingerprint density at radius 1 is 1.30 bits per heavy atom. The Bertz CT molecular complexity index is 961. The first-order valence-corrected chi connectivity index (χ1v) is 10.1. The molecule has 0 fully saturated rings. The van der Waals surface area contributed by atoms with Crippen molar-refractivity contribution in [2.75, 3.05) is 20.3 Å². The van der Waals surface area contributed by atoms with Crippen molar-refractivity contribution in [1.82, 2.24) is 14.7 Å². The van der Waals surface area contributed by atoms with Gasteiger partial charge < -0.3 is 19.9 Å². The summed E-state index contributed by atoms with van der Waals surface area (Å²) in [6.45, 7) is 2.40. The number of ether oxygens (including phenoxy) is 2. The van der Waals surface area contributed by atoms with Crippen LogP contribution in [0.5, 0.6) is 0 Å². The number of carbonyl (C=O) groups excluding carboxylic acids is 1. The summed E-state index contributed by atoms with van der Waals surface area (Å²) in [4.78, 5) is 25.6. The molecular formula is C22H29N3O5. The number of nitrogens with one attached hydrogen (secondary N) is 1. The van der Waals surface area contributed by atoms with Gasteiger partial charge in [0, 0.05) is 44.3 Å². The van der Waals surface area contributed by atoms with Crippen molar-refractivity contribution in [1.29, 1.82) is 0 Å². The highest BCUT2D eigenvalue weighted by Gasteiger charge is 2.32. The fraction of sp³-hybridized carbons (Fsp3) is 0.455. The maximum atomic E-state index is 13.4. The van der Waals surface area contributed by atoms with Crippen molar-refractivity contribution in [3.05, 3.63) is 63.8 Å². The minimum absolute atomic E-state index is 0.100. The maximum absolute atomic E-state index is 13.4. The zero-order valence-electron chi connectivity index (χ0n) is 17.6. The minimum Gasteiger partial charge on any atom is -0.459 e. The number of nitrogens with zero attached hydrogens (tertiary/aromatic N) is 2. The fourth-order valence-electron chi connectivity index (χ4n) is 3.69. The van der Waals surface area contributed by atoms with Crippen LogP contribution in [0.4, 0.5) is 0 Å². The summed E-state index contributed by atoms with van der Waals surface area (Å²) in [6, 6.07) is 9.44. The van der Waals surface area contributed by atoms with Crippen LogP contribution in [-0.2, 0) is 21.3 Å². The number of aromatic nitrogens is 2. The van der Waals surface area contributed by atoms with Crippen molar-refractivity contribution >= 4 is 5.91 Å². The number of para-hydroxylation sites is 1. The molecule has 1 aromatic carbocycles. The molecule has 1 aromatic heterocycles. The molecule has 3 rings (SSSR count). The van der Waals surface area contributed by atoms with Gasteiger partial charge in [-0.2, -0.15) is 0 Å². The Labute approximate surface area is 175 Å². The fourth-order valence-corrected chi connectivity index (χ4v) is 3.69. The van der Waals surface area contributed by atoms with E-state index < -0.39 is 6.29 Å². The number of unbranched alkanes of at least 4 members (excludes halogenated alkanes) is 1. The second-order valence-electron chi connectivity index (χ2n) is 7.28. The molecule has 0 radical (unpaired) electrons. The average Bonchev–Trinajstić information content (AvgIpc) is 2.99. The predicted octanol–water partition coefficient (Wildman–Crippen LogP) is 1.73. The Hall–Kier alpha value is -2.84. The van der Waals surface area contributed by atoms with E-state index in [1.807, 2.05) is 49.0 Å². The molecule has 1 aliphatic heterocycles. The third-order valence-electron chi connectivity index (χ3n) is 5.33. The summed E-state index contributed by atoms with van der Waals surface area (Å²) in [5.41, 5.74) is 2.09. The number of allylic oxidation sites excluding steroid dienone is 1. The van der Waals surface area contributed by atoms with Gasteiger partial charge in [0.05, 0.1) is 12.3 Å². The summed E-state index contributed by atoms with van der Waals surface area (Å²) < 4.78 is 15.0. The van der Waals surface area contributed by atoms with Crippen molar-refractivity contribution < 1.29 is 19.4 Å². The second-order valence-corrected chi connectivity index (χ2v) is 7.28. The van der Waals surface area contributed by atoms with Gasteiger partial charge in [0.2, 0.25) is 6.29 Å². The standard InChI is InChI=1S/C22H29N3O5/c1-15-20(22(28)25(24(15)3)17-9-5-4-6-10-17)16-13-18(21(27)23-2)30-19(14-16)29-12-8-7-11-26/h4-6,9-10,13,16,19,26H,7-8,11-12,14H2,1-3H3,(H,23,27)/t16-,19+/m1/s1. The molecule has 0 saturated heterocycles. The van der Waals surface area contributed by atoms with E-state index in [0.29, 0.717) is 31.4 Å². The molecule has 0 unspecified atom stereocenters. The number of hydrogen-bond donors (Lipinski definition) is 2. The molecule has 162 valence electrons. The van der Waals surface area contributed by atoms with E-state index in [0.717, 1.165) is 11.4 Å². The maximum Gasteiger partial charge on any atom is 0.285 e. The Balaban J connectivity index is 1.96. The molecule has 8 nitrogen and oxygen atoms in total. The summed E-state index contributed by atoms with van der Waals surface area (Å²) in [6.07, 6.45) is 2.80. The quantitative estimate of drug-likeness (QED) is 0.641. The van der Waals surface area contributed by atoms with E-state index in [-0.39, 0.29) is 29.8 Å². The van der Waals surface area contributed by atoms with Crippen LogP contribution in [0.15, 0.2) is 47.0 Å². The number of hydrogen-bond acceptors (Lipinski definition) is 5. The molecule has 0 bridgehead atoms. The highest BCUT2D eigenvalue weighted by molar-refractivity contribution is 5.91. The summed E-state index contributed by atoms with van der Waals surface area (Å²) in [5.74, 6) is -0.534. The molecule has 2 heterocycles. The Kier molecular flexibility index (Phi) is 7.12. The van der Waals surface area contributed by atoms with Crippen LogP contribution in [0.1, 0.15) is 36.4 Å². The first kappa shape index (κ1) is 21.9. The molecule has 0 saturated carbocycles. The molecule has 2 aromatic rings. The largest absolute Gasteiger partial charge is 0.459 e. The molecule has 0 spiro atoms. The van der Waals surface area contributed by atoms with Gasteiger partial charge in [-0.25, -0.2) is 4.68 Å². The summed E-state index contributed by atoms with van der Waals surface area (Å²) in [5, 5.41) is 11.5. The van der Waals surface area contributed by atoms with Crippen molar-refractivity contribution in [3.8, 4) is 5.69 Å². The van der Waals surface area contributed by atoms with Crippen LogP contribution in [-0.4, -0.2) is 46.9 Å². The van der Waals surface area contributed by atoms with E-state index in [1.165, 1.54) is 7.05 Å². The lowest BCUT2D eigenvalue weighted by molar-refractivity contribution is -0.146. The third kappa shape index (κ3) is 4.49. The number of benzene rings is 1. The second kappa shape index (κ2) is 9.77. The van der Waals surface area contributed by atoms with Gasteiger partial charge in [-0.1, -0.05) is 18.2 Å². The number of rotatable bonds is 8. The Morgan fingerprint density at radius 2 is 2.03 bits per heavy atom. The van der Waals surface area contributed by atoms with Gasteiger partial charge in [0.25, 0.3) is 11.5 Å². The Morgan fingerprint density at radius 3 is 2.70 bits per heavy atom. The van der Waals surface area contributed by atoms with Gasteiger partial charge in [-0.3, -0.25) is 14.3 Å². The van der Waals surface area contributed by atoms with Crippen LogP contribution in [0, 0.1) is 6.92 Å². The number of likely N-dealkylation sites (N-methyl/N-ethyl adjacent to an activating group) is 1. The molecule has 30 heavy (non-hydrogen) atoms. The van der Waals surface area contributed by atoms with Gasteiger partial charge in [-0.05, 0) is 38.0 Å². The van der Waals surface area contributed by atoms with E-state index in [9.17, 15) is 9.59 Å². The topological polar surface area (TPSA) is 94.7 Å². The molecule has 0 aliphatic carbocycles. The minimum atomic E-state index is -0.643. The average molecular weight is 415 g/mol. The molecule has 1 amide bonds. The van der Waals surface area contributed by atoms with E-state index in [4.69, 9.17) is 14.6 Å². The van der Waals surface area contributed by atoms with Crippen molar-refractivity contribution in [2.24, 2.45) is 7.05 Å². The lowest BCUT2D eigenvalue weighted by Gasteiger charge is -2.28. The van der Waals surface area contributed by atoms with Gasteiger partial charge >= 0.3 is 0 Å². The third-order valence-corrected chi connectivity index (χ3v) is 5.33. The van der Waals surface area contributed by atoms with E-state index in [1.54, 1.807) is 10.8 Å². The van der Waals surface area contributed by atoms with Crippen LogP contribution < -0.4 is 10.9 Å². The van der Waals surface area contributed by atoms with Gasteiger partial charge in [0.15, 0.2) is 5.76 Å². The smallest absolute Gasteiger partial charge is 0.285 e. The highest BCUT2D eigenvalue weighted by Crippen LogP contribution is 2.32. The van der Waals surface area contributed by atoms with Gasteiger partial charge in [-0.15, -0.1) is 0 Å². The molecule has 2 atom stereocenters. The lowest BCUT2D eigenvalue weighted by Crippen LogP contribution is -2.32. The van der Waals surface area contributed by atoms with Crippen LogP contribution >= 0.6 is 0 Å². The number of carbonyl (C=O) groups is 1. The van der Waals surface area contributed by atoms with Crippen LogP contribution in [0.2, 0.25) is 0 Å². The van der Waals surface area contributed by atoms with E-state index >= 15 is 0 Å². The number of aliphatic hydroxyl groups excluding tert-OH is 1. The first-order valence-electron chi connectivity index (χ1n) is 10.1. The van der Waals surface area contributed by atoms with E-state index in [2.05, 4.69) is 5.32 Å². The molecule has 8 heteroatoms. The predicted molar refractivity (Wildman–Crippen MR) is 112 cm³/mol. The number of amides is 1. The summed E-state index contributed by atoms with van der Waals surface area (Å²) in [7, 11) is 3.38. The number of aliphatic hydroxyl groups is 1. The van der Waals surface area contributed by atoms with Crippen LogP contribution in [0.25, 0.3) is 5.69 Å². The lowest BCUT2D eigenvalue weighted by atomic mass is 9.93. The van der Waals surface area contributed by atoms with Crippen LogP contribution in [0.3, 0.4) is 0 Å². The zero-order valence-corrected chi connectivity index (χ0v) is 17.6. The van der Waals surface area contributed by atoms with Gasteiger partial charge in [0.1, 0.15) is 0 Å². The molecule has 1 aliphatic rings. The summed E-state index contributed by atoms with van der Waals surface area (Å²) >= 11 is 0. The molecule has 2 N–H and O–H groups in total. The zero-order chi connectivity index (χ0) is 21.7. The first-order chi connectivity index (χ1) is 14.5. The van der Waals surface area contributed by atoms with Crippen molar-refractivity contribution in [2.45, 2.75) is 38.4 Å². The normalized spacial score (nSPS) is 18.6.